The second-order valence-electron chi connectivity index (χ2n) is 7.30. The molecule has 1 aliphatic rings. The van der Waals surface area contributed by atoms with Crippen molar-refractivity contribution < 1.29 is 13.9 Å². The molecule has 3 rings (SSSR count). The van der Waals surface area contributed by atoms with Crippen LogP contribution in [-0.2, 0) is 9.53 Å². The zero-order valence-corrected chi connectivity index (χ0v) is 16.2. The number of thioether (sulfide) groups is 1. The third-order valence-electron chi connectivity index (χ3n) is 4.97. The molecule has 2 aromatic rings. The van der Waals surface area contributed by atoms with Gasteiger partial charge in [0.05, 0.1) is 12.0 Å². The van der Waals surface area contributed by atoms with Gasteiger partial charge >= 0.3 is 5.97 Å². The van der Waals surface area contributed by atoms with Gasteiger partial charge in [0.1, 0.15) is 6.10 Å². The number of nitrogen functional groups attached to an aromatic ring is 1. The Morgan fingerprint density at radius 3 is 2.96 bits per heavy atom. The second kappa shape index (κ2) is 8.16. The second-order valence-corrected chi connectivity index (χ2v) is 8.24. The van der Waals surface area contributed by atoms with Crippen molar-refractivity contribution in [1.29, 1.82) is 0 Å². The van der Waals surface area contributed by atoms with Gasteiger partial charge in [0.2, 0.25) is 11.0 Å². The number of esters is 1. The Morgan fingerprint density at radius 2 is 2.27 bits per heavy atom. The molecule has 0 bridgehead atoms. The van der Waals surface area contributed by atoms with Crippen LogP contribution in [0.15, 0.2) is 28.0 Å². The molecule has 0 aromatic carbocycles. The van der Waals surface area contributed by atoms with Gasteiger partial charge < -0.3 is 15.0 Å². The molecule has 3 unspecified atom stereocenters. The molecule has 0 saturated heterocycles. The summed E-state index contributed by atoms with van der Waals surface area (Å²) < 4.78 is 12.4. The molecule has 0 amide bonds. The number of rotatable bonds is 6. The largest absolute Gasteiger partial charge is 0.461 e. The lowest BCUT2D eigenvalue weighted by atomic mass is 9.75. The molecule has 3 atom stereocenters. The van der Waals surface area contributed by atoms with Gasteiger partial charge in [0, 0.05) is 0 Å². The van der Waals surface area contributed by atoms with Gasteiger partial charge in [-0.15, -0.1) is 10.2 Å². The van der Waals surface area contributed by atoms with Crippen molar-refractivity contribution in [3.05, 3.63) is 18.4 Å². The molecule has 1 aliphatic carbocycles. The number of nitrogens with zero attached hydrogens (tertiary/aromatic N) is 3. The van der Waals surface area contributed by atoms with Gasteiger partial charge in [0.25, 0.3) is 0 Å². The van der Waals surface area contributed by atoms with Gasteiger partial charge in [-0.2, -0.15) is 0 Å². The fraction of sp³-hybridized carbons (Fsp3) is 0.611. The van der Waals surface area contributed by atoms with Crippen LogP contribution in [0, 0.1) is 17.8 Å². The summed E-state index contributed by atoms with van der Waals surface area (Å²) in [5.41, 5.74) is 0. The van der Waals surface area contributed by atoms with Crippen LogP contribution in [0.2, 0.25) is 0 Å². The Labute approximate surface area is 157 Å². The molecule has 2 heterocycles. The first-order valence-electron chi connectivity index (χ1n) is 9.02. The Hall–Kier alpha value is -1.96. The summed E-state index contributed by atoms with van der Waals surface area (Å²) in [7, 11) is 0. The van der Waals surface area contributed by atoms with E-state index in [1.165, 1.54) is 22.9 Å². The van der Waals surface area contributed by atoms with Crippen molar-refractivity contribution >= 4 is 17.7 Å². The molecule has 2 N–H and O–H groups in total. The summed E-state index contributed by atoms with van der Waals surface area (Å²) in [6.07, 6.45) is 4.81. The number of aromatic nitrogens is 3. The van der Waals surface area contributed by atoms with Crippen molar-refractivity contribution in [1.82, 2.24) is 14.9 Å². The third-order valence-corrected chi connectivity index (χ3v) is 5.89. The van der Waals surface area contributed by atoms with E-state index in [2.05, 4.69) is 31.0 Å². The Bertz CT molecular complexity index is 729. The van der Waals surface area contributed by atoms with Crippen LogP contribution in [0.3, 0.4) is 0 Å². The van der Waals surface area contributed by atoms with Gasteiger partial charge in [-0.3, -0.25) is 4.79 Å². The first kappa shape index (κ1) is 18.8. The average molecular weight is 378 g/mol. The SMILES string of the molecule is CC1CCC(C(C)C)C(OC(=O)CSc2nnc(-c3ccco3)n2N)C1. The van der Waals surface area contributed by atoms with E-state index < -0.39 is 0 Å². The van der Waals surface area contributed by atoms with E-state index in [4.69, 9.17) is 15.0 Å². The van der Waals surface area contributed by atoms with E-state index in [1.807, 2.05) is 0 Å². The van der Waals surface area contributed by atoms with Gasteiger partial charge in [-0.05, 0) is 42.7 Å². The maximum Gasteiger partial charge on any atom is 0.316 e. The molecular weight excluding hydrogens is 352 g/mol. The normalized spacial score (nSPS) is 23.3. The van der Waals surface area contributed by atoms with Crippen molar-refractivity contribution in [2.75, 3.05) is 11.6 Å². The average Bonchev–Trinajstić information content (AvgIpc) is 3.22. The zero-order chi connectivity index (χ0) is 18.7. The first-order valence-corrected chi connectivity index (χ1v) is 10.0. The zero-order valence-electron chi connectivity index (χ0n) is 15.4. The third kappa shape index (κ3) is 4.23. The smallest absolute Gasteiger partial charge is 0.316 e. The number of carbonyl (C=O) groups is 1. The first-order chi connectivity index (χ1) is 12.5. The Balaban J connectivity index is 1.57. The molecule has 7 nitrogen and oxygen atoms in total. The van der Waals surface area contributed by atoms with E-state index in [0.717, 1.165) is 12.8 Å². The Kier molecular flexibility index (Phi) is 5.90. The summed E-state index contributed by atoms with van der Waals surface area (Å²) in [6.45, 7) is 6.62. The molecule has 0 spiro atoms. The summed E-state index contributed by atoms with van der Waals surface area (Å²) in [5.74, 6) is 8.42. The molecule has 0 radical (unpaired) electrons. The number of nitrogens with two attached hydrogens (primary N) is 1. The molecular formula is C18H26N4O3S. The summed E-state index contributed by atoms with van der Waals surface area (Å²) in [6, 6.07) is 3.51. The summed E-state index contributed by atoms with van der Waals surface area (Å²) >= 11 is 1.22. The molecule has 1 fully saturated rings. The van der Waals surface area contributed by atoms with Crippen LogP contribution in [0.25, 0.3) is 11.6 Å². The fourth-order valence-corrected chi connectivity index (χ4v) is 4.16. The number of ether oxygens (including phenoxy) is 1. The number of hydrogen-bond acceptors (Lipinski definition) is 7. The molecule has 1 saturated carbocycles. The highest BCUT2D eigenvalue weighted by molar-refractivity contribution is 7.99. The molecule has 26 heavy (non-hydrogen) atoms. The number of hydrogen-bond donors (Lipinski definition) is 1. The summed E-state index contributed by atoms with van der Waals surface area (Å²) in [4.78, 5) is 12.3. The Morgan fingerprint density at radius 1 is 1.46 bits per heavy atom. The number of carbonyl (C=O) groups excluding carboxylic acids is 1. The summed E-state index contributed by atoms with van der Waals surface area (Å²) in [5, 5.41) is 8.50. The van der Waals surface area contributed by atoms with E-state index in [-0.39, 0.29) is 17.8 Å². The van der Waals surface area contributed by atoms with E-state index in [1.54, 1.807) is 18.4 Å². The van der Waals surface area contributed by atoms with Crippen LogP contribution >= 0.6 is 11.8 Å². The van der Waals surface area contributed by atoms with Crippen molar-refractivity contribution in [2.45, 2.75) is 51.3 Å². The fourth-order valence-electron chi connectivity index (χ4n) is 3.53. The van der Waals surface area contributed by atoms with Gasteiger partial charge in [-0.25, -0.2) is 4.68 Å². The highest BCUT2D eigenvalue weighted by atomic mass is 32.2. The standard InChI is InChI=1S/C18H26N4O3S/c1-11(2)13-7-6-12(3)9-15(13)25-16(23)10-26-18-21-20-17(22(18)19)14-5-4-8-24-14/h4-5,8,11-13,15H,6-7,9-10,19H2,1-3H3. The van der Waals surface area contributed by atoms with Crippen LogP contribution < -0.4 is 5.84 Å². The van der Waals surface area contributed by atoms with E-state index >= 15 is 0 Å². The monoisotopic (exact) mass is 378 g/mol. The quantitative estimate of drug-likeness (QED) is 0.468. The van der Waals surface area contributed by atoms with Crippen LogP contribution in [0.5, 0.6) is 0 Å². The lowest BCUT2D eigenvalue weighted by Gasteiger charge is -2.36. The minimum absolute atomic E-state index is 0.00118. The predicted octanol–water partition coefficient (Wildman–Crippen LogP) is 3.35. The minimum atomic E-state index is -0.234. The lowest BCUT2D eigenvalue weighted by molar-refractivity contribution is -0.152. The number of furan rings is 1. The van der Waals surface area contributed by atoms with Gasteiger partial charge in [-0.1, -0.05) is 39.0 Å². The minimum Gasteiger partial charge on any atom is -0.461 e. The van der Waals surface area contributed by atoms with Crippen LogP contribution in [0.4, 0.5) is 0 Å². The van der Waals surface area contributed by atoms with Crippen molar-refractivity contribution in [2.24, 2.45) is 17.8 Å². The van der Waals surface area contributed by atoms with E-state index in [0.29, 0.717) is 34.5 Å². The van der Waals surface area contributed by atoms with Crippen LogP contribution in [0.1, 0.15) is 40.0 Å². The highest BCUT2D eigenvalue weighted by Gasteiger charge is 2.33. The highest BCUT2D eigenvalue weighted by Crippen LogP contribution is 2.35. The van der Waals surface area contributed by atoms with Crippen molar-refractivity contribution in [3.63, 3.8) is 0 Å². The maximum absolute atomic E-state index is 12.3. The topological polar surface area (TPSA) is 96.2 Å². The predicted molar refractivity (Wildman–Crippen MR) is 99.8 cm³/mol. The van der Waals surface area contributed by atoms with Crippen LogP contribution in [-0.4, -0.2) is 32.7 Å². The molecule has 2 aromatic heterocycles. The van der Waals surface area contributed by atoms with E-state index in [9.17, 15) is 4.79 Å². The molecule has 0 aliphatic heterocycles. The van der Waals surface area contributed by atoms with Crippen molar-refractivity contribution in [3.8, 4) is 11.6 Å². The molecule has 142 valence electrons. The lowest BCUT2D eigenvalue weighted by Crippen LogP contribution is -2.36. The molecule has 8 heteroatoms. The van der Waals surface area contributed by atoms with Gasteiger partial charge in [0.15, 0.2) is 5.76 Å². The maximum atomic E-state index is 12.3.